The van der Waals surface area contributed by atoms with Gasteiger partial charge in [0, 0.05) is 6.42 Å². The molecule has 0 saturated heterocycles. The highest BCUT2D eigenvalue weighted by Gasteiger charge is 2.66. The van der Waals surface area contributed by atoms with Crippen molar-refractivity contribution < 1.29 is 19.1 Å². The van der Waals surface area contributed by atoms with Crippen LogP contribution in [0.25, 0.3) is 0 Å². The number of nitriles is 1. The second-order valence-corrected chi connectivity index (χ2v) is 6.05. The topological polar surface area (TPSA) is 76.4 Å². The van der Waals surface area contributed by atoms with Crippen LogP contribution in [0.3, 0.4) is 0 Å². The Kier molecular flexibility index (Phi) is 3.73. The lowest BCUT2D eigenvalue weighted by Gasteiger charge is -2.21. The molecule has 5 nitrogen and oxygen atoms in total. The Bertz CT molecular complexity index is 597. The average molecular weight is 287 g/mol. The normalized spacial score (nSPS) is 23.8. The molecule has 1 aliphatic carbocycles. The van der Waals surface area contributed by atoms with E-state index < -0.39 is 29.1 Å². The molecule has 1 fully saturated rings. The van der Waals surface area contributed by atoms with Gasteiger partial charge in [-0.2, -0.15) is 5.26 Å². The summed E-state index contributed by atoms with van der Waals surface area (Å²) in [5, 5.41) is 9.24. The zero-order chi connectivity index (χ0) is 15.7. The summed E-state index contributed by atoms with van der Waals surface area (Å²) in [5.74, 6) is -1.18. The molecule has 0 spiro atoms. The summed E-state index contributed by atoms with van der Waals surface area (Å²) in [6.45, 7) is 5.18. The van der Waals surface area contributed by atoms with Gasteiger partial charge in [0.2, 0.25) is 0 Å². The number of carbonyl (C=O) groups is 2. The third-order valence-electron chi connectivity index (χ3n) is 3.12. The number of esters is 2. The molecule has 1 aromatic carbocycles. The molecule has 0 bridgehead atoms. The molecule has 110 valence electrons. The van der Waals surface area contributed by atoms with Crippen molar-refractivity contribution in [1.29, 1.82) is 5.26 Å². The number of benzene rings is 1. The molecule has 0 unspecified atom stereocenters. The molecule has 2 rings (SSSR count). The first kappa shape index (κ1) is 15.0. The molecule has 1 saturated carbocycles. The highest BCUT2D eigenvalue weighted by atomic mass is 16.6. The average Bonchev–Trinajstić information content (AvgIpc) is 3.12. The molecule has 5 heteroatoms. The van der Waals surface area contributed by atoms with Gasteiger partial charge in [-0.3, -0.25) is 4.79 Å². The third-order valence-corrected chi connectivity index (χ3v) is 3.12. The lowest BCUT2D eigenvalue weighted by molar-refractivity contribution is -0.160. The largest absolute Gasteiger partial charge is 0.459 e. The summed E-state index contributed by atoms with van der Waals surface area (Å²) in [4.78, 5) is 24.0. The Labute approximate surface area is 123 Å². The molecular formula is C16H17NO4. The summed E-state index contributed by atoms with van der Waals surface area (Å²) in [6, 6.07) is 10.4. The number of rotatable bonds is 3. The zero-order valence-corrected chi connectivity index (χ0v) is 12.3. The Balaban J connectivity index is 2.03. The Morgan fingerprint density at radius 1 is 1.29 bits per heavy atom. The Hall–Kier alpha value is -2.35. The van der Waals surface area contributed by atoms with Crippen molar-refractivity contribution in [1.82, 2.24) is 0 Å². The smallest absolute Gasteiger partial charge is 0.338 e. The second kappa shape index (κ2) is 5.21. The zero-order valence-electron chi connectivity index (χ0n) is 12.3. The van der Waals surface area contributed by atoms with Gasteiger partial charge in [-0.15, -0.1) is 0 Å². The van der Waals surface area contributed by atoms with Gasteiger partial charge >= 0.3 is 11.9 Å². The summed E-state index contributed by atoms with van der Waals surface area (Å²) in [5.41, 5.74) is -1.66. The van der Waals surface area contributed by atoms with E-state index in [-0.39, 0.29) is 6.42 Å². The fourth-order valence-corrected chi connectivity index (χ4v) is 1.89. The van der Waals surface area contributed by atoms with Crippen molar-refractivity contribution in [2.45, 2.75) is 38.9 Å². The molecule has 0 radical (unpaired) electrons. The summed E-state index contributed by atoms with van der Waals surface area (Å²) < 4.78 is 10.4. The fourth-order valence-electron chi connectivity index (χ4n) is 1.89. The standard InChI is InChI=1S/C16H17NO4/c1-15(2,3)21-14(19)16(10-17)9-12(16)20-13(18)11-7-5-4-6-8-11/h4-8,12H,9H2,1-3H3/t12-,16+/m1/s1. The van der Waals surface area contributed by atoms with Crippen molar-refractivity contribution in [3.63, 3.8) is 0 Å². The first-order chi connectivity index (χ1) is 9.78. The quantitative estimate of drug-likeness (QED) is 0.798. The van der Waals surface area contributed by atoms with E-state index in [2.05, 4.69) is 0 Å². The van der Waals surface area contributed by atoms with Crippen LogP contribution in [0.15, 0.2) is 30.3 Å². The third kappa shape index (κ3) is 3.22. The number of ether oxygens (including phenoxy) is 2. The minimum atomic E-state index is -1.36. The molecule has 0 aromatic heterocycles. The van der Waals surface area contributed by atoms with E-state index in [9.17, 15) is 14.9 Å². The fraction of sp³-hybridized carbons (Fsp3) is 0.438. The van der Waals surface area contributed by atoms with Gasteiger partial charge in [0.1, 0.15) is 11.7 Å². The number of carbonyl (C=O) groups excluding carboxylic acids is 2. The van der Waals surface area contributed by atoms with E-state index in [0.29, 0.717) is 5.56 Å². The van der Waals surface area contributed by atoms with Gasteiger partial charge < -0.3 is 9.47 Å². The molecule has 2 atom stereocenters. The van der Waals surface area contributed by atoms with Gasteiger partial charge in [-0.1, -0.05) is 18.2 Å². The van der Waals surface area contributed by atoms with E-state index in [1.807, 2.05) is 6.07 Å². The van der Waals surface area contributed by atoms with Crippen LogP contribution in [0.2, 0.25) is 0 Å². The molecule has 0 aliphatic heterocycles. The number of hydrogen-bond acceptors (Lipinski definition) is 5. The highest BCUT2D eigenvalue weighted by molar-refractivity contribution is 5.91. The highest BCUT2D eigenvalue weighted by Crippen LogP contribution is 2.49. The van der Waals surface area contributed by atoms with Crippen molar-refractivity contribution in [2.75, 3.05) is 0 Å². The molecule has 21 heavy (non-hydrogen) atoms. The molecular weight excluding hydrogens is 270 g/mol. The van der Waals surface area contributed by atoms with Crippen LogP contribution in [-0.2, 0) is 14.3 Å². The van der Waals surface area contributed by atoms with Crippen LogP contribution in [0.4, 0.5) is 0 Å². The number of nitrogens with zero attached hydrogens (tertiary/aromatic N) is 1. The predicted molar refractivity (Wildman–Crippen MR) is 74.2 cm³/mol. The SMILES string of the molecule is CC(C)(C)OC(=O)[C@]1(C#N)C[C@H]1OC(=O)c1ccccc1. The first-order valence-electron chi connectivity index (χ1n) is 6.69. The minimum absolute atomic E-state index is 0.178. The van der Waals surface area contributed by atoms with E-state index in [1.54, 1.807) is 51.1 Å². The Morgan fingerprint density at radius 2 is 1.90 bits per heavy atom. The maximum Gasteiger partial charge on any atom is 0.338 e. The lowest BCUT2D eigenvalue weighted by Crippen LogP contribution is -2.31. The molecule has 1 aromatic rings. The first-order valence-corrected chi connectivity index (χ1v) is 6.69. The monoisotopic (exact) mass is 287 g/mol. The second-order valence-electron chi connectivity index (χ2n) is 6.05. The summed E-state index contributed by atoms with van der Waals surface area (Å²) in [7, 11) is 0. The van der Waals surface area contributed by atoms with Gasteiger partial charge in [0.15, 0.2) is 5.41 Å². The van der Waals surface area contributed by atoms with Crippen molar-refractivity contribution in [3.05, 3.63) is 35.9 Å². The van der Waals surface area contributed by atoms with Crippen molar-refractivity contribution >= 4 is 11.9 Å². The molecule has 0 amide bonds. The number of hydrogen-bond donors (Lipinski definition) is 0. The van der Waals surface area contributed by atoms with Crippen LogP contribution >= 0.6 is 0 Å². The maximum absolute atomic E-state index is 12.1. The minimum Gasteiger partial charge on any atom is -0.459 e. The van der Waals surface area contributed by atoms with Crippen LogP contribution in [0.5, 0.6) is 0 Å². The Morgan fingerprint density at radius 3 is 2.43 bits per heavy atom. The van der Waals surface area contributed by atoms with Crippen LogP contribution in [0, 0.1) is 16.7 Å². The summed E-state index contributed by atoms with van der Waals surface area (Å²) in [6.07, 6.45) is -0.568. The molecule has 0 heterocycles. The summed E-state index contributed by atoms with van der Waals surface area (Å²) >= 11 is 0. The van der Waals surface area contributed by atoms with E-state index >= 15 is 0 Å². The van der Waals surface area contributed by atoms with Gasteiger partial charge in [0.25, 0.3) is 0 Å². The lowest BCUT2D eigenvalue weighted by atomic mass is 10.1. The molecule has 1 aliphatic rings. The molecule has 0 N–H and O–H groups in total. The van der Waals surface area contributed by atoms with Crippen LogP contribution in [-0.4, -0.2) is 23.6 Å². The predicted octanol–water partition coefficient (Wildman–Crippen LogP) is 2.47. The van der Waals surface area contributed by atoms with Gasteiger partial charge in [-0.05, 0) is 32.9 Å². The van der Waals surface area contributed by atoms with E-state index in [1.165, 1.54) is 0 Å². The van der Waals surface area contributed by atoms with Gasteiger partial charge in [-0.25, -0.2) is 4.79 Å². The van der Waals surface area contributed by atoms with E-state index in [0.717, 1.165) is 0 Å². The van der Waals surface area contributed by atoms with E-state index in [4.69, 9.17) is 9.47 Å². The van der Waals surface area contributed by atoms with Crippen molar-refractivity contribution in [2.24, 2.45) is 5.41 Å². The van der Waals surface area contributed by atoms with Crippen LogP contribution in [0.1, 0.15) is 37.6 Å². The van der Waals surface area contributed by atoms with Crippen LogP contribution < -0.4 is 0 Å². The van der Waals surface area contributed by atoms with Gasteiger partial charge in [0.05, 0.1) is 11.6 Å². The maximum atomic E-state index is 12.1. The van der Waals surface area contributed by atoms with Crippen molar-refractivity contribution in [3.8, 4) is 6.07 Å².